The number of benzene rings is 3. The molecule has 3 aromatic carbocycles. The van der Waals surface area contributed by atoms with E-state index in [9.17, 15) is 4.39 Å². The largest absolute Gasteiger partial charge is 0.494 e. The minimum absolute atomic E-state index is 0.196. The molecular formula is C54H83FO2. The molecule has 0 N–H and O–H groups in total. The molecule has 0 fully saturated rings. The second-order valence-electron chi connectivity index (χ2n) is 17.6. The molecule has 3 aromatic rings. The highest BCUT2D eigenvalue weighted by molar-refractivity contribution is 5.83. The predicted molar refractivity (Wildman–Crippen MR) is 244 cm³/mol. The van der Waals surface area contributed by atoms with Crippen molar-refractivity contribution in [2.75, 3.05) is 19.8 Å². The zero-order chi connectivity index (χ0) is 40.1. The summed E-state index contributed by atoms with van der Waals surface area (Å²) in [5, 5.41) is 0. The molecule has 318 valence electrons. The number of halogens is 1. The Kier molecular flexibility index (Phi) is 24.4. The van der Waals surface area contributed by atoms with E-state index in [0.717, 1.165) is 37.6 Å². The fourth-order valence-electron chi connectivity index (χ4n) is 9.14. The standard InChI is InChI=1S/C54H83FO2/c1-3-4-5-6-7-8-9-10-11-12-13-14-15-16-17-18-21-24-27-32-42-56-43-33-28-25-22-19-20-23-26-29-34-44-57-49-40-41-51-50-38-30-31-39-52(50)54(2,53(51)46-49)47-36-35-37-48(55)45-47/h30-31,35-41,45-46H,3-29,32-34,42-44H2,1-2H3. The lowest BCUT2D eigenvalue weighted by Gasteiger charge is -2.28. The molecule has 57 heavy (non-hydrogen) atoms. The Morgan fingerprint density at radius 2 is 0.860 bits per heavy atom. The Labute approximate surface area is 350 Å². The fourth-order valence-corrected chi connectivity index (χ4v) is 9.14. The topological polar surface area (TPSA) is 18.5 Å². The van der Waals surface area contributed by atoms with E-state index >= 15 is 0 Å². The van der Waals surface area contributed by atoms with Gasteiger partial charge in [-0.25, -0.2) is 4.39 Å². The molecule has 1 unspecified atom stereocenters. The third-order valence-electron chi connectivity index (χ3n) is 12.8. The second-order valence-corrected chi connectivity index (χ2v) is 17.6. The molecule has 4 rings (SSSR count). The van der Waals surface area contributed by atoms with Gasteiger partial charge in [0, 0.05) is 18.6 Å². The van der Waals surface area contributed by atoms with Crippen molar-refractivity contribution in [1.29, 1.82) is 0 Å². The summed E-state index contributed by atoms with van der Waals surface area (Å²) in [6.07, 6.45) is 41.5. The number of ether oxygens (including phenoxy) is 2. The number of fused-ring (bicyclic) bond motifs is 3. The number of unbranched alkanes of at least 4 members (excludes halogenated alkanes) is 28. The summed E-state index contributed by atoms with van der Waals surface area (Å²) >= 11 is 0. The Bertz CT molecular complexity index is 1450. The van der Waals surface area contributed by atoms with E-state index in [-0.39, 0.29) is 5.82 Å². The van der Waals surface area contributed by atoms with E-state index in [4.69, 9.17) is 9.47 Å². The van der Waals surface area contributed by atoms with Crippen molar-refractivity contribution in [3.05, 3.63) is 89.2 Å². The van der Waals surface area contributed by atoms with E-state index in [0.29, 0.717) is 0 Å². The first-order chi connectivity index (χ1) is 28.1. The molecule has 0 radical (unpaired) electrons. The molecule has 0 spiro atoms. The van der Waals surface area contributed by atoms with Crippen molar-refractivity contribution in [3.63, 3.8) is 0 Å². The van der Waals surface area contributed by atoms with Gasteiger partial charge in [-0.15, -0.1) is 0 Å². The Morgan fingerprint density at radius 1 is 0.421 bits per heavy atom. The quantitative estimate of drug-likeness (QED) is 0.0547. The maximum atomic E-state index is 14.3. The van der Waals surface area contributed by atoms with Crippen LogP contribution in [0.15, 0.2) is 66.7 Å². The van der Waals surface area contributed by atoms with Crippen LogP contribution < -0.4 is 4.74 Å². The van der Waals surface area contributed by atoms with Gasteiger partial charge >= 0.3 is 0 Å². The lowest BCUT2D eigenvalue weighted by atomic mass is 9.74. The molecule has 2 nitrogen and oxygen atoms in total. The SMILES string of the molecule is CCCCCCCCCCCCCCCCCCCCCCOCCCCCCCCCCCCOc1ccc2c(c1)C(C)(c1cccc(F)c1)c1ccccc1-2. The van der Waals surface area contributed by atoms with Gasteiger partial charge in [-0.05, 0) is 78.3 Å². The van der Waals surface area contributed by atoms with Crippen LogP contribution in [-0.2, 0) is 10.2 Å². The average Bonchev–Trinajstić information content (AvgIpc) is 3.49. The first-order valence-electron chi connectivity index (χ1n) is 24.4. The molecule has 1 atom stereocenters. The summed E-state index contributed by atoms with van der Waals surface area (Å²) in [7, 11) is 0. The van der Waals surface area contributed by atoms with Crippen molar-refractivity contribution in [1.82, 2.24) is 0 Å². The third kappa shape index (κ3) is 17.6. The third-order valence-corrected chi connectivity index (χ3v) is 12.8. The highest BCUT2D eigenvalue weighted by Crippen LogP contribution is 2.53. The van der Waals surface area contributed by atoms with Gasteiger partial charge in [-0.3, -0.25) is 0 Å². The van der Waals surface area contributed by atoms with E-state index in [1.54, 1.807) is 6.07 Å². The normalized spacial score (nSPS) is 14.6. The van der Waals surface area contributed by atoms with Gasteiger partial charge in [-0.2, -0.15) is 0 Å². The molecular weight excluding hydrogens is 700 g/mol. The van der Waals surface area contributed by atoms with Crippen molar-refractivity contribution in [3.8, 4) is 16.9 Å². The lowest BCUT2D eigenvalue weighted by Crippen LogP contribution is -2.22. The fraction of sp³-hybridized carbons (Fsp3) is 0.667. The van der Waals surface area contributed by atoms with Crippen molar-refractivity contribution in [2.45, 2.75) is 212 Å². The van der Waals surface area contributed by atoms with Gasteiger partial charge in [0.2, 0.25) is 0 Å². The summed E-state index contributed by atoms with van der Waals surface area (Å²) in [6.45, 7) is 7.17. The number of rotatable bonds is 36. The monoisotopic (exact) mass is 783 g/mol. The van der Waals surface area contributed by atoms with Crippen molar-refractivity contribution >= 4 is 0 Å². The molecule has 0 saturated heterocycles. The summed E-state index contributed by atoms with van der Waals surface area (Å²) in [5.74, 6) is 0.712. The van der Waals surface area contributed by atoms with E-state index in [1.807, 2.05) is 12.1 Å². The van der Waals surface area contributed by atoms with Gasteiger partial charge < -0.3 is 9.47 Å². The summed E-state index contributed by atoms with van der Waals surface area (Å²) in [6, 6.07) is 22.1. The van der Waals surface area contributed by atoms with Crippen LogP contribution in [0.4, 0.5) is 4.39 Å². The lowest BCUT2D eigenvalue weighted by molar-refractivity contribution is 0.125. The van der Waals surface area contributed by atoms with Gasteiger partial charge in [0.05, 0.1) is 6.61 Å². The van der Waals surface area contributed by atoms with Crippen molar-refractivity contribution < 1.29 is 13.9 Å². The first-order valence-corrected chi connectivity index (χ1v) is 24.4. The molecule has 0 heterocycles. The predicted octanol–water partition coefficient (Wildman–Crippen LogP) is 17.3. The van der Waals surface area contributed by atoms with Crippen LogP contribution in [0.2, 0.25) is 0 Å². The van der Waals surface area contributed by atoms with E-state index < -0.39 is 5.41 Å². The Hall–Kier alpha value is -2.65. The molecule has 3 heteroatoms. The molecule has 0 bridgehead atoms. The maximum absolute atomic E-state index is 14.3. The number of hydrogen-bond donors (Lipinski definition) is 0. The number of hydrogen-bond acceptors (Lipinski definition) is 2. The van der Waals surface area contributed by atoms with Crippen LogP contribution in [-0.4, -0.2) is 19.8 Å². The van der Waals surface area contributed by atoms with Gasteiger partial charge in [0.1, 0.15) is 11.6 Å². The molecule has 1 aliphatic rings. The van der Waals surface area contributed by atoms with Gasteiger partial charge in [-0.1, -0.05) is 223 Å². The van der Waals surface area contributed by atoms with Crippen LogP contribution in [0.5, 0.6) is 5.75 Å². The highest BCUT2D eigenvalue weighted by atomic mass is 19.1. The Morgan fingerprint density at radius 3 is 1.35 bits per heavy atom. The van der Waals surface area contributed by atoms with Crippen LogP contribution in [0, 0.1) is 5.82 Å². The van der Waals surface area contributed by atoms with Crippen LogP contribution >= 0.6 is 0 Å². The van der Waals surface area contributed by atoms with E-state index in [2.05, 4.69) is 56.3 Å². The van der Waals surface area contributed by atoms with Crippen LogP contribution in [0.25, 0.3) is 11.1 Å². The van der Waals surface area contributed by atoms with Gasteiger partial charge in [0.15, 0.2) is 0 Å². The zero-order valence-electron chi connectivity index (χ0n) is 36.9. The average molecular weight is 783 g/mol. The summed E-state index contributed by atoms with van der Waals surface area (Å²) in [4.78, 5) is 0. The Balaban J connectivity index is 0.870. The minimum atomic E-state index is -0.411. The highest BCUT2D eigenvalue weighted by Gasteiger charge is 2.41. The van der Waals surface area contributed by atoms with Crippen molar-refractivity contribution in [2.24, 2.45) is 0 Å². The van der Waals surface area contributed by atoms with E-state index in [1.165, 1.54) is 215 Å². The summed E-state index contributed by atoms with van der Waals surface area (Å²) in [5.41, 5.74) is 5.43. The molecule has 0 aromatic heterocycles. The molecule has 0 aliphatic heterocycles. The van der Waals surface area contributed by atoms with Crippen LogP contribution in [0.3, 0.4) is 0 Å². The molecule has 1 aliphatic carbocycles. The minimum Gasteiger partial charge on any atom is -0.494 e. The molecule has 0 amide bonds. The first kappa shape index (κ1) is 47.0. The second kappa shape index (κ2) is 29.5. The summed E-state index contributed by atoms with van der Waals surface area (Å²) < 4.78 is 26.5. The smallest absolute Gasteiger partial charge is 0.123 e. The van der Waals surface area contributed by atoms with Gasteiger partial charge in [0.25, 0.3) is 0 Å². The zero-order valence-corrected chi connectivity index (χ0v) is 36.9. The maximum Gasteiger partial charge on any atom is 0.123 e. The van der Waals surface area contributed by atoms with Crippen LogP contribution in [0.1, 0.15) is 223 Å². The molecule has 0 saturated carbocycles.